The van der Waals surface area contributed by atoms with Crippen LogP contribution in [0.2, 0.25) is 0 Å². The topological polar surface area (TPSA) is 116 Å². The Kier molecular flexibility index (Phi) is 5.51. The molecule has 0 aliphatic rings. The molecule has 0 spiro atoms. The number of rotatable bonds is 7. The molecule has 0 saturated heterocycles. The second kappa shape index (κ2) is 7.85. The molecule has 0 fully saturated rings. The van der Waals surface area contributed by atoms with Crippen molar-refractivity contribution in [2.45, 2.75) is 18.2 Å². The van der Waals surface area contributed by atoms with Gasteiger partial charge >= 0.3 is 5.97 Å². The molecule has 7 nitrogen and oxygen atoms in total. The number of carbonyl (C=O) groups is 2. The van der Waals surface area contributed by atoms with Gasteiger partial charge in [-0.05, 0) is 29.3 Å². The Morgan fingerprint density at radius 3 is 2.43 bits per heavy atom. The third-order valence-electron chi connectivity index (χ3n) is 4.35. The van der Waals surface area contributed by atoms with Crippen molar-refractivity contribution in [1.82, 2.24) is 10.3 Å². The number of hydrogen-bond acceptors (Lipinski definition) is 4. The molecule has 0 aliphatic carbocycles. The van der Waals surface area contributed by atoms with E-state index in [-0.39, 0.29) is 17.7 Å². The molecule has 0 aliphatic heterocycles. The molecule has 1 unspecified atom stereocenters. The molecular formula is C20H20N2O5S. The van der Waals surface area contributed by atoms with E-state index >= 15 is 0 Å². The largest absolute Gasteiger partial charge is 0.480 e. The molecule has 0 radical (unpaired) electrons. The first-order valence-corrected chi connectivity index (χ1v) is 10.6. The zero-order valence-electron chi connectivity index (χ0n) is 15.2. The highest BCUT2D eigenvalue weighted by atomic mass is 32.2. The van der Waals surface area contributed by atoms with Crippen molar-refractivity contribution >= 4 is 32.6 Å². The number of fused-ring (bicyclic) bond motifs is 1. The molecular weight excluding hydrogens is 380 g/mol. The minimum absolute atomic E-state index is 0.118. The van der Waals surface area contributed by atoms with Gasteiger partial charge in [-0.15, -0.1) is 0 Å². The van der Waals surface area contributed by atoms with Crippen molar-refractivity contribution < 1.29 is 23.1 Å². The van der Waals surface area contributed by atoms with Crippen LogP contribution in [0.25, 0.3) is 10.9 Å². The van der Waals surface area contributed by atoms with Crippen LogP contribution in [0.5, 0.6) is 0 Å². The fourth-order valence-electron chi connectivity index (χ4n) is 3.02. The van der Waals surface area contributed by atoms with E-state index in [9.17, 15) is 23.1 Å². The fourth-order valence-corrected chi connectivity index (χ4v) is 3.82. The van der Waals surface area contributed by atoms with E-state index in [2.05, 4.69) is 10.3 Å². The molecule has 1 heterocycles. The SMILES string of the molecule is CS(=O)(=O)Cc1ccc(C(=O)NC(Cc2c[nH]c3ccccc23)C(=O)O)cc1. The summed E-state index contributed by atoms with van der Waals surface area (Å²) in [5.41, 5.74) is 2.52. The number of aromatic nitrogens is 1. The van der Waals surface area contributed by atoms with Gasteiger partial charge < -0.3 is 15.4 Å². The lowest BCUT2D eigenvalue weighted by Gasteiger charge is -2.14. The second-order valence-corrected chi connectivity index (χ2v) is 8.84. The molecule has 1 atom stereocenters. The van der Waals surface area contributed by atoms with Crippen LogP contribution >= 0.6 is 0 Å². The average Bonchev–Trinajstić information content (AvgIpc) is 3.03. The Labute approximate surface area is 162 Å². The number of hydrogen-bond donors (Lipinski definition) is 3. The molecule has 8 heteroatoms. The predicted octanol–water partition coefficient (Wildman–Crippen LogP) is 2.14. The minimum atomic E-state index is -3.17. The number of amides is 1. The summed E-state index contributed by atoms with van der Waals surface area (Å²) in [6, 6.07) is 12.5. The van der Waals surface area contributed by atoms with E-state index in [1.165, 1.54) is 12.1 Å². The molecule has 146 valence electrons. The molecule has 0 bridgehead atoms. The highest BCUT2D eigenvalue weighted by molar-refractivity contribution is 7.89. The van der Waals surface area contributed by atoms with Crippen LogP contribution < -0.4 is 5.32 Å². The monoisotopic (exact) mass is 400 g/mol. The summed E-state index contributed by atoms with van der Waals surface area (Å²) in [6.07, 6.45) is 3.01. The van der Waals surface area contributed by atoms with Crippen LogP contribution in [0.4, 0.5) is 0 Å². The number of carbonyl (C=O) groups excluding carboxylic acids is 1. The third-order valence-corrected chi connectivity index (χ3v) is 5.21. The number of sulfone groups is 1. The van der Waals surface area contributed by atoms with Gasteiger partial charge in [0, 0.05) is 35.3 Å². The van der Waals surface area contributed by atoms with Crippen LogP contribution in [0, 0.1) is 0 Å². The van der Waals surface area contributed by atoms with Crippen molar-refractivity contribution in [3.8, 4) is 0 Å². The highest BCUT2D eigenvalue weighted by Crippen LogP contribution is 2.19. The number of aromatic amines is 1. The summed E-state index contributed by atoms with van der Waals surface area (Å²) in [6.45, 7) is 0. The van der Waals surface area contributed by atoms with E-state index in [1.807, 2.05) is 24.3 Å². The summed E-state index contributed by atoms with van der Waals surface area (Å²) >= 11 is 0. The van der Waals surface area contributed by atoms with E-state index in [1.54, 1.807) is 18.3 Å². The summed E-state index contributed by atoms with van der Waals surface area (Å²) in [7, 11) is -3.17. The predicted molar refractivity (Wildman–Crippen MR) is 106 cm³/mol. The summed E-state index contributed by atoms with van der Waals surface area (Å²) < 4.78 is 22.7. The first kappa shape index (κ1) is 19.6. The van der Waals surface area contributed by atoms with Gasteiger partial charge in [0.2, 0.25) is 0 Å². The molecule has 1 amide bonds. The maximum atomic E-state index is 12.4. The third kappa shape index (κ3) is 4.77. The minimum Gasteiger partial charge on any atom is -0.480 e. The number of benzene rings is 2. The quantitative estimate of drug-likeness (QED) is 0.562. The zero-order valence-corrected chi connectivity index (χ0v) is 16.0. The van der Waals surface area contributed by atoms with Gasteiger partial charge in [-0.3, -0.25) is 4.79 Å². The number of H-pyrrole nitrogens is 1. The van der Waals surface area contributed by atoms with Crippen LogP contribution in [0.15, 0.2) is 54.7 Å². The highest BCUT2D eigenvalue weighted by Gasteiger charge is 2.22. The van der Waals surface area contributed by atoms with E-state index in [0.29, 0.717) is 5.56 Å². The summed E-state index contributed by atoms with van der Waals surface area (Å²) in [4.78, 5) is 27.2. The molecule has 1 aromatic heterocycles. The van der Waals surface area contributed by atoms with E-state index in [0.717, 1.165) is 22.7 Å². The first-order chi connectivity index (χ1) is 13.2. The van der Waals surface area contributed by atoms with Gasteiger partial charge in [0.05, 0.1) is 5.75 Å². The summed E-state index contributed by atoms with van der Waals surface area (Å²) in [5.74, 6) is -1.78. The lowest BCUT2D eigenvalue weighted by atomic mass is 10.0. The first-order valence-electron chi connectivity index (χ1n) is 8.58. The number of para-hydroxylation sites is 1. The van der Waals surface area contributed by atoms with Crippen molar-refractivity contribution in [2.24, 2.45) is 0 Å². The van der Waals surface area contributed by atoms with Gasteiger partial charge in [-0.2, -0.15) is 0 Å². The lowest BCUT2D eigenvalue weighted by Crippen LogP contribution is -2.42. The molecule has 2 aromatic carbocycles. The second-order valence-electron chi connectivity index (χ2n) is 6.69. The Hall–Kier alpha value is -3.13. The molecule has 28 heavy (non-hydrogen) atoms. The maximum absolute atomic E-state index is 12.4. The number of nitrogens with one attached hydrogen (secondary N) is 2. The van der Waals surface area contributed by atoms with Gasteiger partial charge in [-0.25, -0.2) is 13.2 Å². The number of aliphatic carboxylic acids is 1. The van der Waals surface area contributed by atoms with Gasteiger partial charge in [0.25, 0.3) is 5.91 Å². The smallest absolute Gasteiger partial charge is 0.326 e. The van der Waals surface area contributed by atoms with Gasteiger partial charge in [0.1, 0.15) is 6.04 Å². The van der Waals surface area contributed by atoms with Crippen molar-refractivity contribution in [3.63, 3.8) is 0 Å². The van der Waals surface area contributed by atoms with Crippen molar-refractivity contribution in [2.75, 3.05) is 6.26 Å². The zero-order chi connectivity index (χ0) is 20.3. The average molecular weight is 400 g/mol. The Morgan fingerprint density at radius 1 is 1.11 bits per heavy atom. The van der Waals surface area contributed by atoms with Crippen molar-refractivity contribution in [1.29, 1.82) is 0 Å². The van der Waals surface area contributed by atoms with Crippen LogP contribution in [0.3, 0.4) is 0 Å². The number of carboxylic acid groups (broad SMARTS) is 1. The molecule has 0 saturated carbocycles. The Bertz CT molecular complexity index is 1120. The molecule has 3 aromatic rings. The van der Waals surface area contributed by atoms with E-state index in [4.69, 9.17) is 0 Å². The lowest BCUT2D eigenvalue weighted by molar-refractivity contribution is -0.139. The Balaban J connectivity index is 1.73. The normalized spacial score (nSPS) is 12.6. The van der Waals surface area contributed by atoms with E-state index < -0.39 is 27.8 Å². The maximum Gasteiger partial charge on any atom is 0.326 e. The standard InChI is InChI=1S/C20H20N2O5S/c1-28(26,27)12-13-6-8-14(9-7-13)19(23)22-18(20(24)25)10-15-11-21-17-5-3-2-4-16(15)17/h2-9,11,18,21H,10,12H2,1H3,(H,22,23)(H,24,25). The van der Waals surface area contributed by atoms with Crippen LogP contribution in [0.1, 0.15) is 21.5 Å². The molecule has 3 rings (SSSR count). The summed E-state index contributed by atoms with van der Waals surface area (Å²) in [5, 5.41) is 13.0. The Morgan fingerprint density at radius 2 is 1.79 bits per heavy atom. The van der Waals surface area contributed by atoms with Crippen molar-refractivity contribution in [3.05, 3.63) is 71.4 Å². The number of carboxylic acids is 1. The fraction of sp³-hybridized carbons (Fsp3) is 0.200. The van der Waals surface area contributed by atoms with Crippen LogP contribution in [-0.2, 0) is 26.8 Å². The van der Waals surface area contributed by atoms with Gasteiger partial charge in [0.15, 0.2) is 9.84 Å². The van der Waals surface area contributed by atoms with Crippen LogP contribution in [-0.4, -0.2) is 42.7 Å². The molecule has 3 N–H and O–H groups in total. The van der Waals surface area contributed by atoms with Gasteiger partial charge in [-0.1, -0.05) is 30.3 Å².